The molecule has 2 fully saturated rings. The van der Waals surface area contributed by atoms with Gasteiger partial charge in [-0.2, -0.15) is 0 Å². The van der Waals surface area contributed by atoms with Crippen molar-refractivity contribution in [3.8, 4) is 23.3 Å². The van der Waals surface area contributed by atoms with Gasteiger partial charge in [-0.25, -0.2) is 9.37 Å². The Balaban J connectivity index is 1.34. The molecule has 0 spiro atoms. The van der Waals surface area contributed by atoms with E-state index < -0.39 is 11.4 Å². The van der Waals surface area contributed by atoms with Gasteiger partial charge in [-0.1, -0.05) is 11.8 Å². The molecular formula is C25H26FN3O3S. The van der Waals surface area contributed by atoms with Crippen LogP contribution in [0, 0.1) is 17.7 Å². The van der Waals surface area contributed by atoms with Gasteiger partial charge in [-0.05, 0) is 69.8 Å². The molecule has 1 saturated heterocycles. The molecule has 6 nitrogen and oxygen atoms in total. The largest absolute Gasteiger partial charge is 0.489 e. The first-order valence-corrected chi connectivity index (χ1v) is 12.2. The number of fused-ring (bicyclic) bond motifs is 1. The maximum absolute atomic E-state index is 14.7. The van der Waals surface area contributed by atoms with Crippen LogP contribution in [0.1, 0.15) is 43.4 Å². The van der Waals surface area contributed by atoms with Gasteiger partial charge in [-0.3, -0.25) is 14.3 Å². The molecule has 3 aromatic rings. The van der Waals surface area contributed by atoms with Crippen molar-refractivity contribution >= 4 is 21.6 Å². The Morgan fingerprint density at radius 1 is 1.18 bits per heavy atom. The molecular weight excluding hydrogens is 441 g/mol. The first-order valence-electron chi connectivity index (χ1n) is 11.4. The molecule has 0 amide bonds. The molecule has 0 radical (unpaired) electrons. The second kappa shape index (κ2) is 9.26. The third kappa shape index (κ3) is 4.81. The van der Waals surface area contributed by atoms with Gasteiger partial charge in [-0.15, -0.1) is 11.3 Å². The van der Waals surface area contributed by atoms with Gasteiger partial charge >= 0.3 is 0 Å². The zero-order chi connectivity index (χ0) is 22.8. The Morgan fingerprint density at radius 3 is 2.73 bits per heavy atom. The first kappa shape index (κ1) is 22.1. The molecule has 2 aliphatic rings. The first-order chi connectivity index (χ1) is 16.0. The predicted octanol–water partition coefficient (Wildman–Crippen LogP) is 3.72. The highest BCUT2D eigenvalue weighted by molar-refractivity contribution is 7.19. The van der Waals surface area contributed by atoms with E-state index in [0.29, 0.717) is 40.2 Å². The summed E-state index contributed by atoms with van der Waals surface area (Å²) in [5.74, 6) is 5.64. The number of benzene rings is 1. The predicted molar refractivity (Wildman–Crippen MR) is 127 cm³/mol. The smallest absolute Gasteiger partial charge is 0.275 e. The normalized spacial score (nSPS) is 17.9. The van der Waals surface area contributed by atoms with Crippen molar-refractivity contribution in [2.75, 3.05) is 26.2 Å². The van der Waals surface area contributed by atoms with Crippen LogP contribution in [-0.4, -0.2) is 51.4 Å². The highest BCUT2D eigenvalue weighted by Crippen LogP contribution is 2.29. The summed E-state index contributed by atoms with van der Waals surface area (Å²) in [7, 11) is 0. The summed E-state index contributed by atoms with van der Waals surface area (Å²) in [5.41, 5.74) is -0.272. The van der Waals surface area contributed by atoms with Crippen LogP contribution in [0.15, 0.2) is 35.4 Å². The third-order valence-corrected chi connectivity index (χ3v) is 7.37. The summed E-state index contributed by atoms with van der Waals surface area (Å²) in [4.78, 5) is 20.4. The van der Waals surface area contributed by atoms with E-state index in [-0.39, 0.29) is 11.3 Å². The van der Waals surface area contributed by atoms with Crippen LogP contribution in [-0.2, 0) is 0 Å². The van der Waals surface area contributed by atoms with Crippen LogP contribution >= 0.6 is 11.3 Å². The number of aliphatic hydroxyl groups is 1. The van der Waals surface area contributed by atoms with Gasteiger partial charge in [0.05, 0.1) is 16.1 Å². The van der Waals surface area contributed by atoms with E-state index >= 15 is 0 Å². The van der Waals surface area contributed by atoms with E-state index in [1.807, 2.05) is 0 Å². The molecule has 1 aromatic carbocycles. The van der Waals surface area contributed by atoms with Gasteiger partial charge < -0.3 is 9.84 Å². The van der Waals surface area contributed by atoms with Crippen LogP contribution in [0.2, 0.25) is 0 Å². The highest BCUT2D eigenvalue weighted by Gasteiger charge is 2.28. The zero-order valence-electron chi connectivity index (χ0n) is 18.3. The summed E-state index contributed by atoms with van der Waals surface area (Å²) < 4.78 is 22.1. The molecule has 2 aromatic heterocycles. The number of nitrogens with zero attached hydrogens (tertiary/aromatic N) is 3. The molecule has 1 aliphatic heterocycles. The summed E-state index contributed by atoms with van der Waals surface area (Å²) in [5, 5.41) is 10.4. The fourth-order valence-electron chi connectivity index (χ4n) is 4.47. The lowest BCUT2D eigenvalue weighted by Gasteiger charge is -2.15. The zero-order valence-corrected chi connectivity index (χ0v) is 19.2. The number of aromatic nitrogens is 2. The SMILES string of the molecule is O=c1c2sc(C#CC3(O)CCCC3)cc2ncn1-c1ccc(OCCN2CCCC2)c(F)c1. The van der Waals surface area contributed by atoms with Crippen LogP contribution in [0.25, 0.3) is 15.9 Å². The van der Waals surface area contributed by atoms with Crippen molar-refractivity contribution in [3.05, 3.63) is 51.6 Å². The lowest BCUT2D eigenvalue weighted by atomic mass is 10.0. The molecule has 0 atom stereocenters. The second-order valence-electron chi connectivity index (χ2n) is 8.75. The maximum Gasteiger partial charge on any atom is 0.275 e. The minimum atomic E-state index is -0.931. The fourth-order valence-corrected chi connectivity index (χ4v) is 5.36. The molecule has 1 aliphatic carbocycles. The minimum absolute atomic E-state index is 0.179. The Labute approximate surface area is 195 Å². The number of hydrogen-bond acceptors (Lipinski definition) is 6. The lowest BCUT2D eigenvalue weighted by Crippen LogP contribution is -2.25. The molecule has 0 bridgehead atoms. The Morgan fingerprint density at radius 2 is 1.97 bits per heavy atom. The molecule has 33 heavy (non-hydrogen) atoms. The maximum atomic E-state index is 14.7. The number of likely N-dealkylation sites (tertiary alicyclic amines) is 1. The molecule has 172 valence electrons. The van der Waals surface area contributed by atoms with E-state index in [1.165, 1.54) is 41.1 Å². The quantitative estimate of drug-likeness (QED) is 0.580. The van der Waals surface area contributed by atoms with Crippen molar-refractivity contribution in [3.63, 3.8) is 0 Å². The standard InChI is InChI=1S/C25H26FN3O3S/c26-20-15-18(5-6-22(20)32-14-13-28-11-3-4-12-28)29-17-27-21-16-19(33-23(21)24(29)30)7-10-25(31)8-1-2-9-25/h5-6,15-17,31H,1-4,8-9,11-14H2. The average molecular weight is 468 g/mol. The molecule has 1 N–H and O–H groups in total. The van der Waals surface area contributed by atoms with Gasteiger partial charge in [0, 0.05) is 12.6 Å². The molecule has 5 rings (SSSR count). The van der Waals surface area contributed by atoms with Crippen LogP contribution in [0.4, 0.5) is 4.39 Å². The number of hydrogen-bond donors (Lipinski definition) is 1. The number of halogens is 1. The van der Waals surface area contributed by atoms with Crippen molar-refractivity contribution in [2.45, 2.75) is 44.1 Å². The fraction of sp³-hybridized carbons (Fsp3) is 0.440. The van der Waals surface area contributed by atoms with E-state index in [2.05, 4.69) is 21.7 Å². The van der Waals surface area contributed by atoms with Crippen LogP contribution in [0.3, 0.4) is 0 Å². The van der Waals surface area contributed by atoms with E-state index in [4.69, 9.17) is 4.74 Å². The highest BCUT2D eigenvalue weighted by atomic mass is 32.1. The summed E-state index contributed by atoms with van der Waals surface area (Å²) in [6.45, 7) is 3.35. The van der Waals surface area contributed by atoms with Crippen LogP contribution < -0.4 is 10.3 Å². The monoisotopic (exact) mass is 467 g/mol. The number of ether oxygens (including phenoxy) is 1. The van der Waals surface area contributed by atoms with E-state index in [1.54, 1.807) is 18.2 Å². The Hall–Kier alpha value is -2.73. The third-order valence-electron chi connectivity index (χ3n) is 6.34. The Bertz CT molecular complexity index is 1280. The average Bonchev–Trinajstić information content (AvgIpc) is 3.55. The topological polar surface area (TPSA) is 67.6 Å². The van der Waals surface area contributed by atoms with Crippen molar-refractivity contribution < 1.29 is 14.2 Å². The molecule has 8 heteroatoms. The van der Waals surface area contributed by atoms with Gasteiger partial charge in [0.1, 0.15) is 23.2 Å². The van der Waals surface area contributed by atoms with E-state index in [0.717, 1.165) is 32.5 Å². The number of rotatable bonds is 5. The molecule has 3 heterocycles. The Kier molecular flexibility index (Phi) is 6.19. The molecule has 0 unspecified atom stereocenters. The van der Waals surface area contributed by atoms with Crippen LogP contribution in [0.5, 0.6) is 5.75 Å². The summed E-state index contributed by atoms with van der Waals surface area (Å²) in [6.07, 6.45) is 7.12. The number of thiophene rings is 1. The van der Waals surface area contributed by atoms with Crippen molar-refractivity contribution in [1.82, 2.24) is 14.5 Å². The lowest BCUT2D eigenvalue weighted by molar-refractivity contribution is 0.110. The summed E-state index contributed by atoms with van der Waals surface area (Å²) in [6, 6.07) is 6.27. The van der Waals surface area contributed by atoms with Gasteiger partial charge in [0.15, 0.2) is 11.6 Å². The second-order valence-corrected chi connectivity index (χ2v) is 9.80. The van der Waals surface area contributed by atoms with Crippen molar-refractivity contribution in [1.29, 1.82) is 0 Å². The minimum Gasteiger partial charge on any atom is -0.489 e. The molecule has 1 saturated carbocycles. The van der Waals surface area contributed by atoms with Gasteiger partial charge in [0.2, 0.25) is 0 Å². The van der Waals surface area contributed by atoms with Crippen molar-refractivity contribution in [2.24, 2.45) is 0 Å². The summed E-state index contributed by atoms with van der Waals surface area (Å²) >= 11 is 1.24. The van der Waals surface area contributed by atoms with Gasteiger partial charge in [0.25, 0.3) is 5.56 Å². The van der Waals surface area contributed by atoms with E-state index in [9.17, 15) is 14.3 Å².